The topological polar surface area (TPSA) is 3.24 Å². The van der Waals surface area contributed by atoms with Crippen LogP contribution in [0.3, 0.4) is 0 Å². The van der Waals surface area contributed by atoms with Gasteiger partial charge in [0.05, 0.1) is 6.54 Å². The molecule has 3 heteroatoms. The van der Waals surface area contributed by atoms with Crippen molar-refractivity contribution in [1.82, 2.24) is 4.90 Å². The Kier molecular flexibility index (Phi) is 5.13. The van der Waals surface area contributed by atoms with E-state index >= 15 is 0 Å². The van der Waals surface area contributed by atoms with Gasteiger partial charge >= 0.3 is 0 Å². The fraction of sp³-hybridized carbons (Fsp3) is 0.200. The van der Waals surface area contributed by atoms with E-state index in [0.717, 1.165) is 29.2 Å². The third-order valence-electron chi connectivity index (χ3n) is 3.78. The first-order valence-corrected chi connectivity index (χ1v) is 8.82. The molecule has 0 N–H and O–H groups in total. The Hall–Kier alpha value is -1.66. The summed E-state index contributed by atoms with van der Waals surface area (Å²) in [6, 6.07) is 14.5. The molecule has 0 spiro atoms. The minimum absolute atomic E-state index is 0.744. The summed E-state index contributed by atoms with van der Waals surface area (Å²) in [5.41, 5.74) is 3.35. The first-order chi connectivity index (χ1) is 11.2. The van der Waals surface area contributed by atoms with Crippen LogP contribution in [0, 0.1) is 11.8 Å². The van der Waals surface area contributed by atoms with Crippen molar-refractivity contribution in [3.63, 3.8) is 0 Å². The molecule has 1 heterocycles. The lowest BCUT2D eigenvalue weighted by Gasteiger charge is -2.08. The van der Waals surface area contributed by atoms with Gasteiger partial charge in [-0.2, -0.15) is 0 Å². The van der Waals surface area contributed by atoms with Gasteiger partial charge in [-0.3, -0.25) is 4.90 Å². The number of halogens is 1. The molecule has 116 valence electrons. The van der Waals surface area contributed by atoms with E-state index in [9.17, 15) is 0 Å². The maximum absolute atomic E-state index is 6.22. The summed E-state index contributed by atoms with van der Waals surface area (Å²) >= 11 is 7.99. The number of hydrogen-bond acceptors (Lipinski definition) is 2. The zero-order valence-corrected chi connectivity index (χ0v) is 14.8. The Balaban J connectivity index is 2.07. The highest BCUT2D eigenvalue weighted by molar-refractivity contribution is 7.99. The summed E-state index contributed by atoms with van der Waals surface area (Å²) in [4.78, 5) is 4.63. The normalized spacial score (nSPS) is 12.6. The molecule has 2 aromatic carbocycles. The van der Waals surface area contributed by atoms with Crippen molar-refractivity contribution in [2.75, 3.05) is 20.1 Å². The number of allylic oxidation sites excluding steroid dienone is 1. The minimum Gasteiger partial charge on any atom is -0.296 e. The van der Waals surface area contributed by atoms with Crippen LogP contribution in [0.4, 0.5) is 0 Å². The second-order valence-corrected chi connectivity index (χ2v) is 6.99. The molecule has 1 aliphatic rings. The highest BCUT2D eigenvalue weighted by Gasteiger charge is 2.15. The number of fused-ring (bicyclic) bond motifs is 2. The zero-order chi connectivity index (χ0) is 16.2. The van der Waals surface area contributed by atoms with Crippen molar-refractivity contribution < 1.29 is 0 Å². The average molecular weight is 340 g/mol. The Morgan fingerprint density at radius 1 is 1.13 bits per heavy atom. The Bertz CT molecular complexity index is 814. The van der Waals surface area contributed by atoms with E-state index in [2.05, 4.69) is 67.1 Å². The molecule has 23 heavy (non-hydrogen) atoms. The van der Waals surface area contributed by atoms with Gasteiger partial charge in [-0.25, -0.2) is 0 Å². The predicted molar refractivity (Wildman–Crippen MR) is 101 cm³/mol. The van der Waals surface area contributed by atoms with Crippen molar-refractivity contribution in [3.8, 4) is 11.8 Å². The molecule has 0 unspecified atom stereocenters. The number of hydrogen-bond donors (Lipinski definition) is 0. The quantitative estimate of drug-likeness (QED) is 0.683. The molecule has 0 aromatic heterocycles. The van der Waals surface area contributed by atoms with E-state index in [1.54, 1.807) is 11.8 Å². The predicted octanol–water partition coefficient (Wildman–Crippen LogP) is 5.30. The Morgan fingerprint density at radius 3 is 2.78 bits per heavy atom. The van der Waals surface area contributed by atoms with E-state index < -0.39 is 0 Å². The van der Waals surface area contributed by atoms with Crippen molar-refractivity contribution in [1.29, 1.82) is 0 Å². The van der Waals surface area contributed by atoms with Crippen molar-refractivity contribution in [3.05, 3.63) is 58.6 Å². The van der Waals surface area contributed by atoms with E-state index in [1.165, 1.54) is 15.4 Å². The van der Waals surface area contributed by atoms with Crippen LogP contribution >= 0.6 is 23.4 Å². The maximum Gasteiger partial charge on any atom is 0.0602 e. The van der Waals surface area contributed by atoms with Crippen LogP contribution in [0.1, 0.15) is 18.1 Å². The standard InChI is InChI=1S/C20H18ClNS/c1-3-22(2)12-6-8-15-13-16-7-4-5-9-19(16)23-20-11-10-17(21)14-18(15)20/h4-5,7,9-11,13-14H,3,12H2,1-2H3. The molecule has 2 aromatic rings. The van der Waals surface area contributed by atoms with Crippen molar-refractivity contribution >= 4 is 35.0 Å². The molecule has 0 amide bonds. The molecule has 0 aliphatic carbocycles. The van der Waals surface area contributed by atoms with Gasteiger partial charge in [0.1, 0.15) is 0 Å². The maximum atomic E-state index is 6.22. The van der Waals surface area contributed by atoms with Gasteiger partial charge in [0.25, 0.3) is 0 Å². The number of benzene rings is 2. The SMILES string of the molecule is CCN(C)CC#CC1=Cc2ccccc2Sc2ccc(Cl)cc21. The first kappa shape index (κ1) is 16.2. The molecule has 0 saturated carbocycles. The summed E-state index contributed by atoms with van der Waals surface area (Å²) in [6.07, 6.45) is 2.17. The second kappa shape index (κ2) is 7.27. The molecule has 3 rings (SSSR count). The van der Waals surface area contributed by atoms with Gasteiger partial charge in [-0.1, -0.05) is 60.3 Å². The molecular weight excluding hydrogens is 322 g/mol. The monoisotopic (exact) mass is 339 g/mol. The Morgan fingerprint density at radius 2 is 1.96 bits per heavy atom. The van der Waals surface area contributed by atoms with Crippen LogP contribution in [-0.2, 0) is 0 Å². The summed E-state index contributed by atoms with van der Waals surface area (Å²) in [6.45, 7) is 3.89. The van der Waals surface area contributed by atoms with Crippen LogP contribution in [0.2, 0.25) is 5.02 Å². The second-order valence-electron chi connectivity index (χ2n) is 5.47. The minimum atomic E-state index is 0.744. The van der Waals surface area contributed by atoms with E-state index in [-0.39, 0.29) is 0 Å². The highest BCUT2D eigenvalue weighted by Crippen LogP contribution is 2.41. The summed E-state index contributed by atoms with van der Waals surface area (Å²) in [5, 5.41) is 0.744. The van der Waals surface area contributed by atoms with Gasteiger partial charge < -0.3 is 0 Å². The lowest BCUT2D eigenvalue weighted by molar-refractivity contribution is 0.398. The van der Waals surface area contributed by atoms with E-state index in [4.69, 9.17) is 11.6 Å². The lowest BCUT2D eigenvalue weighted by Crippen LogP contribution is -2.17. The number of nitrogens with zero attached hydrogens (tertiary/aromatic N) is 1. The van der Waals surface area contributed by atoms with Gasteiger partial charge in [-0.15, -0.1) is 0 Å². The summed E-state index contributed by atoms with van der Waals surface area (Å²) in [7, 11) is 2.08. The summed E-state index contributed by atoms with van der Waals surface area (Å²) < 4.78 is 0. The lowest BCUT2D eigenvalue weighted by atomic mass is 10.0. The largest absolute Gasteiger partial charge is 0.296 e. The smallest absolute Gasteiger partial charge is 0.0602 e. The molecule has 0 radical (unpaired) electrons. The fourth-order valence-corrected chi connectivity index (χ4v) is 3.55. The van der Waals surface area contributed by atoms with Crippen LogP contribution < -0.4 is 0 Å². The van der Waals surface area contributed by atoms with Crippen molar-refractivity contribution in [2.24, 2.45) is 0 Å². The average Bonchev–Trinajstić information content (AvgIpc) is 2.71. The van der Waals surface area contributed by atoms with E-state index in [0.29, 0.717) is 0 Å². The number of rotatable bonds is 2. The van der Waals surface area contributed by atoms with Gasteiger partial charge in [0.15, 0.2) is 0 Å². The van der Waals surface area contributed by atoms with Gasteiger partial charge in [0, 0.05) is 26.0 Å². The molecule has 0 atom stereocenters. The molecular formula is C20H18ClNS. The molecule has 1 aliphatic heterocycles. The molecule has 1 nitrogen and oxygen atoms in total. The third-order valence-corrected chi connectivity index (χ3v) is 5.19. The summed E-state index contributed by atoms with van der Waals surface area (Å²) in [5.74, 6) is 6.63. The van der Waals surface area contributed by atoms with Crippen LogP contribution in [-0.4, -0.2) is 25.0 Å². The highest BCUT2D eigenvalue weighted by atomic mass is 35.5. The molecule has 0 fully saturated rings. The van der Waals surface area contributed by atoms with Gasteiger partial charge in [-0.05, 0) is 49.5 Å². The Labute approximate surface area is 147 Å². The fourth-order valence-electron chi connectivity index (χ4n) is 2.33. The van der Waals surface area contributed by atoms with Crippen LogP contribution in [0.25, 0.3) is 11.6 Å². The third kappa shape index (κ3) is 3.82. The van der Waals surface area contributed by atoms with Crippen LogP contribution in [0.15, 0.2) is 52.3 Å². The molecule has 0 bridgehead atoms. The molecule has 0 saturated heterocycles. The zero-order valence-electron chi connectivity index (χ0n) is 13.3. The van der Waals surface area contributed by atoms with Crippen molar-refractivity contribution in [2.45, 2.75) is 16.7 Å². The first-order valence-electron chi connectivity index (χ1n) is 7.63. The van der Waals surface area contributed by atoms with Gasteiger partial charge in [0.2, 0.25) is 0 Å². The van der Waals surface area contributed by atoms with Crippen LogP contribution in [0.5, 0.6) is 0 Å². The van der Waals surface area contributed by atoms with E-state index in [1.807, 2.05) is 12.1 Å².